The molecule has 1 aliphatic rings. The SMILES string of the molecule is CNCCCN(C)CCC(=O)NC1CCCCC1. The summed E-state index contributed by atoms with van der Waals surface area (Å²) >= 11 is 0. The van der Waals surface area contributed by atoms with Gasteiger partial charge in [-0.25, -0.2) is 0 Å². The lowest BCUT2D eigenvalue weighted by molar-refractivity contribution is -0.122. The minimum atomic E-state index is 0.224. The summed E-state index contributed by atoms with van der Waals surface area (Å²) in [5, 5.41) is 6.30. The molecule has 4 nitrogen and oxygen atoms in total. The number of hydrogen-bond donors (Lipinski definition) is 2. The summed E-state index contributed by atoms with van der Waals surface area (Å²) in [5.41, 5.74) is 0. The normalized spacial score (nSPS) is 17.1. The van der Waals surface area contributed by atoms with E-state index in [9.17, 15) is 4.79 Å². The standard InChI is InChI=1S/C14H29N3O/c1-15-10-6-11-17(2)12-9-14(18)16-13-7-4-3-5-8-13/h13,15H,3-12H2,1-2H3,(H,16,18). The molecule has 1 saturated carbocycles. The van der Waals surface area contributed by atoms with Crippen LogP contribution < -0.4 is 10.6 Å². The zero-order chi connectivity index (χ0) is 13.2. The highest BCUT2D eigenvalue weighted by Crippen LogP contribution is 2.17. The van der Waals surface area contributed by atoms with Gasteiger partial charge < -0.3 is 15.5 Å². The first-order chi connectivity index (χ1) is 8.72. The lowest BCUT2D eigenvalue weighted by atomic mass is 9.95. The van der Waals surface area contributed by atoms with Crippen LogP contribution in [0, 0.1) is 0 Å². The van der Waals surface area contributed by atoms with E-state index in [-0.39, 0.29) is 5.91 Å². The first kappa shape index (κ1) is 15.4. The van der Waals surface area contributed by atoms with Crippen LogP contribution in [-0.2, 0) is 4.79 Å². The third-order valence-corrected chi connectivity index (χ3v) is 3.66. The van der Waals surface area contributed by atoms with Crippen LogP contribution in [0.25, 0.3) is 0 Å². The molecule has 0 saturated heterocycles. The predicted octanol–water partition coefficient (Wildman–Crippen LogP) is 1.37. The van der Waals surface area contributed by atoms with Crippen LogP contribution in [0.1, 0.15) is 44.9 Å². The number of nitrogens with zero attached hydrogens (tertiary/aromatic N) is 1. The average molecular weight is 255 g/mol. The molecule has 0 atom stereocenters. The topological polar surface area (TPSA) is 44.4 Å². The monoisotopic (exact) mass is 255 g/mol. The summed E-state index contributed by atoms with van der Waals surface area (Å²) in [7, 11) is 4.06. The van der Waals surface area contributed by atoms with E-state index < -0.39 is 0 Å². The third kappa shape index (κ3) is 6.97. The summed E-state index contributed by atoms with van der Waals surface area (Å²) in [6.07, 6.45) is 7.99. The fraction of sp³-hybridized carbons (Fsp3) is 0.929. The van der Waals surface area contributed by atoms with E-state index in [1.807, 2.05) is 7.05 Å². The van der Waals surface area contributed by atoms with Crippen LogP contribution in [0.4, 0.5) is 0 Å². The van der Waals surface area contributed by atoms with Crippen molar-refractivity contribution in [3.05, 3.63) is 0 Å². The summed E-state index contributed by atoms with van der Waals surface area (Å²) in [6, 6.07) is 0.445. The van der Waals surface area contributed by atoms with Crippen molar-refractivity contribution in [1.82, 2.24) is 15.5 Å². The molecule has 0 radical (unpaired) electrons. The maximum Gasteiger partial charge on any atom is 0.221 e. The summed E-state index contributed by atoms with van der Waals surface area (Å²) in [5.74, 6) is 0.224. The summed E-state index contributed by atoms with van der Waals surface area (Å²) in [4.78, 5) is 14.0. The fourth-order valence-corrected chi connectivity index (χ4v) is 2.48. The van der Waals surface area contributed by atoms with E-state index >= 15 is 0 Å². The van der Waals surface area contributed by atoms with Gasteiger partial charge in [0.25, 0.3) is 0 Å². The highest BCUT2D eigenvalue weighted by molar-refractivity contribution is 5.76. The Hall–Kier alpha value is -0.610. The smallest absolute Gasteiger partial charge is 0.221 e. The summed E-state index contributed by atoms with van der Waals surface area (Å²) < 4.78 is 0. The lowest BCUT2D eigenvalue weighted by Crippen LogP contribution is -2.37. The maximum atomic E-state index is 11.8. The largest absolute Gasteiger partial charge is 0.353 e. The van der Waals surface area contributed by atoms with Crippen LogP contribution >= 0.6 is 0 Å². The molecule has 0 unspecified atom stereocenters. The molecule has 0 aromatic rings. The molecule has 2 N–H and O–H groups in total. The molecule has 0 aliphatic heterocycles. The Labute approximate surface area is 111 Å². The quantitative estimate of drug-likeness (QED) is 0.644. The maximum absolute atomic E-state index is 11.8. The van der Waals surface area contributed by atoms with Crippen molar-refractivity contribution >= 4 is 5.91 Å². The average Bonchev–Trinajstić information content (AvgIpc) is 2.38. The molecule has 106 valence electrons. The van der Waals surface area contributed by atoms with Crippen molar-refractivity contribution in [2.45, 2.75) is 51.0 Å². The van der Waals surface area contributed by atoms with Crippen molar-refractivity contribution in [3.8, 4) is 0 Å². The van der Waals surface area contributed by atoms with E-state index in [0.717, 1.165) is 26.1 Å². The van der Waals surface area contributed by atoms with Crippen LogP contribution in [-0.4, -0.2) is 50.6 Å². The number of hydrogen-bond acceptors (Lipinski definition) is 3. The van der Waals surface area contributed by atoms with Gasteiger partial charge >= 0.3 is 0 Å². The second-order valence-corrected chi connectivity index (χ2v) is 5.41. The Kier molecular flexibility index (Phi) is 8.01. The Morgan fingerprint density at radius 2 is 1.94 bits per heavy atom. The number of carbonyl (C=O) groups excluding carboxylic acids is 1. The molecule has 1 aliphatic carbocycles. The first-order valence-corrected chi connectivity index (χ1v) is 7.35. The first-order valence-electron chi connectivity index (χ1n) is 7.35. The van der Waals surface area contributed by atoms with Gasteiger partial charge in [-0.1, -0.05) is 19.3 Å². The molecule has 4 heteroatoms. The Bertz CT molecular complexity index is 227. The van der Waals surface area contributed by atoms with Gasteiger partial charge in [-0.2, -0.15) is 0 Å². The van der Waals surface area contributed by atoms with E-state index in [1.165, 1.54) is 32.1 Å². The van der Waals surface area contributed by atoms with E-state index in [4.69, 9.17) is 0 Å². The molecule has 0 spiro atoms. The molecule has 0 aromatic carbocycles. The number of amides is 1. The van der Waals surface area contributed by atoms with Crippen LogP contribution in [0.5, 0.6) is 0 Å². The van der Waals surface area contributed by atoms with Crippen LogP contribution in [0.15, 0.2) is 0 Å². The molecule has 1 rings (SSSR count). The van der Waals surface area contributed by atoms with Crippen LogP contribution in [0.2, 0.25) is 0 Å². The highest BCUT2D eigenvalue weighted by atomic mass is 16.1. The van der Waals surface area contributed by atoms with Gasteiger partial charge in [0, 0.05) is 19.0 Å². The molecule has 0 aromatic heterocycles. The molecule has 1 amide bonds. The second-order valence-electron chi connectivity index (χ2n) is 5.41. The summed E-state index contributed by atoms with van der Waals surface area (Å²) in [6.45, 7) is 2.96. The molecule has 0 bridgehead atoms. The zero-order valence-corrected chi connectivity index (χ0v) is 12.0. The van der Waals surface area contributed by atoms with E-state index in [0.29, 0.717) is 12.5 Å². The van der Waals surface area contributed by atoms with Gasteiger partial charge in [0.05, 0.1) is 0 Å². The molecule has 1 fully saturated rings. The van der Waals surface area contributed by atoms with Gasteiger partial charge in [0.15, 0.2) is 0 Å². The predicted molar refractivity (Wildman–Crippen MR) is 75.7 cm³/mol. The minimum absolute atomic E-state index is 0.224. The number of carbonyl (C=O) groups is 1. The Morgan fingerprint density at radius 1 is 1.22 bits per heavy atom. The Morgan fingerprint density at radius 3 is 2.61 bits per heavy atom. The highest BCUT2D eigenvalue weighted by Gasteiger charge is 2.15. The molecular weight excluding hydrogens is 226 g/mol. The van der Waals surface area contributed by atoms with E-state index in [1.54, 1.807) is 0 Å². The molecular formula is C14H29N3O. The Balaban J connectivity index is 2.04. The van der Waals surface area contributed by atoms with Crippen molar-refractivity contribution < 1.29 is 4.79 Å². The van der Waals surface area contributed by atoms with Crippen molar-refractivity contribution in [1.29, 1.82) is 0 Å². The van der Waals surface area contributed by atoms with Gasteiger partial charge in [0.2, 0.25) is 5.91 Å². The van der Waals surface area contributed by atoms with Crippen molar-refractivity contribution in [2.24, 2.45) is 0 Å². The minimum Gasteiger partial charge on any atom is -0.353 e. The van der Waals surface area contributed by atoms with Gasteiger partial charge in [-0.15, -0.1) is 0 Å². The van der Waals surface area contributed by atoms with Gasteiger partial charge in [-0.3, -0.25) is 4.79 Å². The number of rotatable bonds is 8. The van der Waals surface area contributed by atoms with Gasteiger partial charge in [0.1, 0.15) is 0 Å². The molecule has 0 heterocycles. The van der Waals surface area contributed by atoms with Gasteiger partial charge in [-0.05, 0) is 46.4 Å². The van der Waals surface area contributed by atoms with Crippen LogP contribution in [0.3, 0.4) is 0 Å². The fourth-order valence-electron chi connectivity index (χ4n) is 2.48. The van der Waals surface area contributed by atoms with Crippen molar-refractivity contribution in [3.63, 3.8) is 0 Å². The lowest BCUT2D eigenvalue weighted by Gasteiger charge is -2.23. The van der Waals surface area contributed by atoms with E-state index in [2.05, 4.69) is 22.6 Å². The third-order valence-electron chi connectivity index (χ3n) is 3.66. The number of nitrogens with one attached hydrogen (secondary N) is 2. The zero-order valence-electron chi connectivity index (χ0n) is 12.0. The van der Waals surface area contributed by atoms with Crippen molar-refractivity contribution in [2.75, 3.05) is 33.7 Å². The second kappa shape index (κ2) is 9.34. The molecule has 18 heavy (non-hydrogen) atoms.